The van der Waals surface area contributed by atoms with Gasteiger partial charge in [-0.05, 0) is 42.2 Å². The Kier molecular flexibility index (Phi) is 3.80. The van der Waals surface area contributed by atoms with Gasteiger partial charge in [-0.2, -0.15) is 0 Å². The van der Waals surface area contributed by atoms with Crippen molar-refractivity contribution in [3.05, 3.63) is 58.5 Å². The van der Waals surface area contributed by atoms with Crippen molar-refractivity contribution in [1.29, 1.82) is 0 Å². The molecular weight excluding hydrogens is 262 g/mol. The lowest BCUT2D eigenvalue weighted by Gasteiger charge is -2.42. The Bertz CT molecular complexity index is 604. The van der Waals surface area contributed by atoms with E-state index in [0.29, 0.717) is 12.3 Å². The van der Waals surface area contributed by atoms with Crippen molar-refractivity contribution < 1.29 is 4.79 Å². The highest BCUT2D eigenvalue weighted by molar-refractivity contribution is 5.83. The molecule has 0 aliphatic heterocycles. The molecule has 4 heteroatoms. The molecule has 108 valence electrons. The van der Waals surface area contributed by atoms with E-state index in [-0.39, 0.29) is 23.7 Å². The fourth-order valence-corrected chi connectivity index (χ4v) is 4.06. The molecule has 0 aromatic heterocycles. The number of fused-ring (bicyclic) bond motifs is 2. The normalized spacial score (nSPS) is 29.6. The van der Waals surface area contributed by atoms with Crippen molar-refractivity contribution in [3.8, 4) is 0 Å². The van der Waals surface area contributed by atoms with Crippen molar-refractivity contribution in [2.24, 2.45) is 22.9 Å². The van der Waals surface area contributed by atoms with E-state index in [1.807, 2.05) is 30.3 Å². The van der Waals surface area contributed by atoms with Gasteiger partial charge in [0.15, 0.2) is 0 Å². The fourth-order valence-electron chi connectivity index (χ4n) is 4.06. The first-order valence-electron chi connectivity index (χ1n) is 7.47. The average molecular weight is 281 g/mol. The number of carbonyl (C=O) groups is 1. The van der Waals surface area contributed by atoms with Gasteiger partial charge in [-0.25, -0.2) is 0 Å². The molecule has 2 aliphatic carbocycles. The number of Topliss-reactive ketones (excluding diaryl/α,β-unsaturated/α-hetero) is 1. The quantitative estimate of drug-likeness (QED) is 0.345. The van der Waals surface area contributed by atoms with E-state index in [4.69, 9.17) is 5.53 Å². The summed E-state index contributed by atoms with van der Waals surface area (Å²) in [4.78, 5) is 15.6. The van der Waals surface area contributed by atoms with Gasteiger partial charge in [0.2, 0.25) is 0 Å². The van der Waals surface area contributed by atoms with Gasteiger partial charge in [-0.15, -0.1) is 0 Å². The SMILES string of the molecule is C=C1C[C@@H]2CC(=O)[C@@H]([C@@H](N=[N+]=[N-])c3ccccc3)[C@@H](C1)C2. The third kappa shape index (κ3) is 2.72. The van der Waals surface area contributed by atoms with Crippen LogP contribution in [0.5, 0.6) is 0 Å². The van der Waals surface area contributed by atoms with Crippen LogP contribution in [0.2, 0.25) is 0 Å². The van der Waals surface area contributed by atoms with Crippen molar-refractivity contribution >= 4 is 5.78 Å². The van der Waals surface area contributed by atoms with Gasteiger partial charge in [-0.1, -0.05) is 47.6 Å². The predicted octanol–water partition coefficient (Wildman–Crippen LogP) is 4.60. The summed E-state index contributed by atoms with van der Waals surface area (Å²) < 4.78 is 0. The summed E-state index contributed by atoms with van der Waals surface area (Å²) >= 11 is 0. The Morgan fingerprint density at radius 2 is 2.00 bits per heavy atom. The van der Waals surface area contributed by atoms with Gasteiger partial charge in [-0.3, -0.25) is 4.79 Å². The molecular formula is C17H19N3O. The summed E-state index contributed by atoms with van der Waals surface area (Å²) in [7, 11) is 0. The second kappa shape index (κ2) is 5.74. The summed E-state index contributed by atoms with van der Waals surface area (Å²) in [6, 6.07) is 9.27. The van der Waals surface area contributed by atoms with Crippen LogP contribution in [0.3, 0.4) is 0 Å². The highest BCUT2D eigenvalue weighted by atomic mass is 16.1. The molecule has 0 radical (unpaired) electrons. The summed E-state index contributed by atoms with van der Waals surface area (Å²) in [6.45, 7) is 4.12. The van der Waals surface area contributed by atoms with Gasteiger partial charge in [0.25, 0.3) is 0 Å². The van der Waals surface area contributed by atoms with Crippen LogP contribution in [0.4, 0.5) is 0 Å². The van der Waals surface area contributed by atoms with E-state index >= 15 is 0 Å². The molecule has 4 atom stereocenters. The lowest BCUT2D eigenvalue weighted by Crippen LogP contribution is -2.39. The monoisotopic (exact) mass is 281 g/mol. The number of hydrogen-bond donors (Lipinski definition) is 0. The first kappa shape index (κ1) is 13.9. The first-order chi connectivity index (χ1) is 10.2. The summed E-state index contributed by atoms with van der Waals surface area (Å²) in [6.07, 6.45) is 3.52. The maximum absolute atomic E-state index is 12.6. The average Bonchev–Trinajstić information content (AvgIpc) is 2.46. The molecule has 0 N–H and O–H groups in total. The van der Waals surface area contributed by atoms with Crippen LogP contribution in [-0.4, -0.2) is 5.78 Å². The molecule has 4 nitrogen and oxygen atoms in total. The van der Waals surface area contributed by atoms with Gasteiger partial charge in [0, 0.05) is 17.3 Å². The second-order valence-corrected chi connectivity index (χ2v) is 6.28. The molecule has 1 aromatic carbocycles. The summed E-state index contributed by atoms with van der Waals surface area (Å²) in [5, 5.41) is 3.97. The molecule has 3 rings (SSSR count). The third-order valence-electron chi connectivity index (χ3n) is 4.79. The molecule has 0 saturated heterocycles. The number of ketones is 1. The van der Waals surface area contributed by atoms with Crippen molar-refractivity contribution in [3.63, 3.8) is 0 Å². The minimum absolute atomic E-state index is 0.198. The lowest BCUT2D eigenvalue weighted by molar-refractivity contribution is -0.130. The van der Waals surface area contributed by atoms with Crippen LogP contribution in [0, 0.1) is 17.8 Å². The highest BCUT2D eigenvalue weighted by Crippen LogP contribution is 2.48. The minimum atomic E-state index is -0.388. The van der Waals surface area contributed by atoms with Crippen LogP contribution in [0.25, 0.3) is 10.4 Å². The van der Waals surface area contributed by atoms with Crippen LogP contribution < -0.4 is 0 Å². The topological polar surface area (TPSA) is 65.8 Å². The zero-order valence-corrected chi connectivity index (χ0v) is 12.0. The molecule has 0 unspecified atom stereocenters. The van der Waals surface area contributed by atoms with Gasteiger partial charge in [0.1, 0.15) is 5.78 Å². The molecule has 0 heterocycles. The zero-order valence-electron chi connectivity index (χ0n) is 12.0. The molecule has 21 heavy (non-hydrogen) atoms. The number of rotatable bonds is 3. The number of benzene rings is 1. The summed E-state index contributed by atoms with van der Waals surface area (Å²) in [5.41, 5.74) is 11.1. The van der Waals surface area contributed by atoms with E-state index in [9.17, 15) is 4.79 Å². The Morgan fingerprint density at radius 3 is 2.71 bits per heavy atom. The van der Waals surface area contributed by atoms with E-state index < -0.39 is 0 Å². The Hall–Kier alpha value is -2.06. The number of carbonyl (C=O) groups excluding carboxylic acids is 1. The zero-order chi connectivity index (χ0) is 14.8. The summed E-state index contributed by atoms with van der Waals surface area (Å²) in [5.74, 6) is 0.775. The predicted molar refractivity (Wildman–Crippen MR) is 81.4 cm³/mol. The van der Waals surface area contributed by atoms with Crippen LogP contribution in [-0.2, 0) is 4.79 Å². The van der Waals surface area contributed by atoms with Crippen LogP contribution >= 0.6 is 0 Å². The van der Waals surface area contributed by atoms with Crippen LogP contribution in [0.15, 0.2) is 47.6 Å². The third-order valence-corrected chi connectivity index (χ3v) is 4.79. The molecule has 0 spiro atoms. The standard InChI is InChI=1S/C17H19N3O/c1-11-7-12-9-14(8-11)16(15(21)10-12)17(19-20-18)13-5-3-2-4-6-13/h2-6,12,14,16-17H,1,7-10H2/t12-,14-,16-,17-/m0/s1. The Morgan fingerprint density at radius 1 is 1.24 bits per heavy atom. The van der Waals surface area contributed by atoms with Crippen molar-refractivity contribution in [1.82, 2.24) is 0 Å². The molecule has 1 aromatic rings. The largest absolute Gasteiger partial charge is 0.299 e. The Balaban J connectivity index is 1.96. The van der Waals surface area contributed by atoms with E-state index in [1.165, 1.54) is 5.57 Å². The maximum atomic E-state index is 12.6. The minimum Gasteiger partial charge on any atom is -0.299 e. The molecule has 2 bridgehead atoms. The number of hydrogen-bond acceptors (Lipinski definition) is 2. The van der Waals surface area contributed by atoms with Gasteiger partial charge in [0.05, 0.1) is 6.04 Å². The smallest absolute Gasteiger partial charge is 0.137 e. The van der Waals surface area contributed by atoms with Crippen molar-refractivity contribution in [2.75, 3.05) is 0 Å². The van der Waals surface area contributed by atoms with Crippen molar-refractivity contribution in [2.45, 2.75) is 31.7 Å². The highest BCUT2D eigenvalue weighted by Gasteiger charge is 2.43. The van der Waals surface area contributed by atoms with E-state index in [0.717, 1.165) is 24.8 Å². The maximum Gasteiger partial charge on any atom is 0.137 e. The van der Waals surface area contributed by atoms with Gasteiger partial charge >= 0.3 is 0 Å². The number of allylic oxidation sites excluding steroid dienone is 1. The fraction of sp³-hybridized carbons (Fsp3) is 0.471. The molecule has 0 amide bonds. The van der Waals surface area contributed by atoms with Gasteiger partial charge < -0.3 is 0 Å². The second-order valence-electron chi connectivity index (χ2n) is 6.28. The Labute approximate surface area is 124 Å². The number of nitrogens with zero attached hydrogens (tertiary/aromatic N) is 3. The molecule has 2 saturated carbocycles. The molecule has 2 aliphatic rings. The first-order valence-corrected chi connectivity index (χ1v) is 7.47. The number of azide groups is 1. The van der Waals surface area contributed by atoms with Crippen LogP contribution in [0.1, 0.15) is 37.3 Å². The lowest BCUT2D eigenvalue weighted by atomic mass is 9.62. The van der Waals surface area contributed by atoms with E-state index in [1.54, 1.807) is 0 Å². The van der Waals surface area contributed by atoms with E-state index in [2.05, 4.69) is 16.6 Å². The molecule has 2 fully saturated rings.